The Morgan fingerprint density at radius 3 is 2.46 bits per heavy atom. The molecule has 1 aromatic carbocycles. The Morgan fingerprint density at radius 2 is 1.82 bits per heavy atom. The van der Waals surface area contributed by atoms with Gasteiger partial charge in [-0.2, -0.15) is 13.5 Å². The van der Waals surface area contributed by atoms with Crippen molar-refractivity contribution in [3.05, 3.63) is 34.4 Å². The van der Waals surface area contributed by atoms with Gasteiger partial charge in [0.2, 0.25) is 0 Å². The molecule has 0 atom stereocenters. The smallest absolute Gasteiger partial charge is 0.407 e. The second kappa shape index (κ2) is 10.7. The predicted octanol–water partition coefficient (Wildman–Crippen LogP) is 3.82. The number of alkyl carbamates (subject to hydrolysis) is 1. The zero-order chi connectivity index (χ0) is 21.2. The monoisotopic (exact) mass is 414 g/mol. The Kier molecular flexibility index (Phi) is 8.97. The van der Waals surface area contributed by atoms with Crippen LogP contribution in [0.2, 0.25) is 0 Å². The average Bonchev–Trinajstić information content (AvgIpc) is 2.58. The number of nitro groups is 1. The maximum absolute atomic E-state index is 12.1. The molecule has 156 valence electrons. The molecular formula is C17H26N4O6S. The van der Waals surface area contributed by atoms with Crippen molar-refractivity contribution in [1.29, 1.82) is 0 Å². The van der Waals surface area contributed by atoms with Crippen LogP contribution in [-0.2, 0) is 14.8 Å². The van der Waals surface area contributed by atoms with Gasteiger partial charge in [-0.3, -0.25) is 10.1 Å². The number of para-hydroxylation sites is 1. The molecule has 1 amide bonds. The Morgan fingerprint density at radius 1 is 1.18 bits per heavy atom. The molecule has 1 rings (SSSR count). The minimum absolute atomic E-state index is 0.194. The van der Waals surface area contributed by atoms with E-state index in [0.29, 0.717) is 13.0 Å². The molecule has 0 saturated carbocycles. The first-order valence-corrected chi connectivity index (χ1v) is 10.3. The molecular weight excluding hydrogens is 388 g/mol. The van der Waals surface area contributed by atoms with Gasteiger partial charge in [-0.05, 0) is 39.7 Å². The van der Waals surface area contributed by atoms with Crippen LogP contribution in [0.15, 0.2) is 38.8 Å². The Labute approximate surface area is 164 Å². The lowest BCUT2D eigenvalue weighted by Crippen LogP contribution is -2.32. The number of nitro benzene ring substituents is 1. The summed E-state index contributed by atoms with van der Waals surface area (Å²) in [5.74, 6) is 0. The zero-order valence-electron chi connectivity index (χ0n) is 16.3. The van der Waals surface area contributed by atoms with Gasteiger partial charge in [0.05, 0.1) is 11.5 Å². The topological polar surface area (TPSA) is 140 Å². The van der Waals surface area contributed by atoms with Gasteiger partial charge in [0.15, 0.2) is 4.90 Å². The van der Waals surface area contributed by atoms with Crippen molar-refractivity contribution >= 4 is 21.8 Å². The third-order valence-corrected chi connectivity index (χ3v) is 4.59. The Bertz CT molecular complexity index is 802. The summed E-state index contributed by atoms with van der Waals surface area (Å²) in [6.45, 7) is 6.05. The van der Waals surface area contributed by atoms with E-state index in [9.17, 15) is 23.3 Å². The van der Waals surface area contributed by atoms with Crippen molar-refractivity contribution in [2.45, 2.75) is 57.0 Å². The number of unbranched alkanes of at least 4 members (excludes halogenated alkanes) is 3. The highest BCUT2D eigenvalue weighted by Crippen LogP contribution is 2.24. The van der Waals surface area contributed by atoms with Crippen molar-refractivity contribution in [2.75, 3.05) is 13.1 Å². The van der Waals surface area contributed by atoms with Gasteiger partial charge in [-0.25, -0.2) is 4.79 Å². The number of amides is 1. The summed E-state index contributed by atoms with van der Waals surface area (Å²) in [5.41, 5.74) is -1.06. The van der Waals surface area contributed by atoms with Crippen LogP contribution in [0.25, 0.3) is 0 Å². The lowest BCUT2D eigenvalue weighted by atomic mass is 10.2. The number of benzene rings is 1. The van der Waals surface area contributed by atoms with Crippen LogP contribution in [-0.4, -0.2) is 38.1 Å². The molecule has 1 N–H and O–H groups in total. The van der Waals surface area contributed by atoms with Gasteiger partial charge in [-0.1, -0.05) is 29.5 Å². The summed E-state index contributed by atoms with van der Waals surface area (Å²) in [4.78, 5) is 21.1. The van der Waals surface area contributed by atoms with E-state index in [2.05, 4.69) is 15.0 Å². The van der Waals surface area contributed by atoms with Crippen LogP contribution in [0.4, 0.5) is 10.5 Å². The molecule has 0 aromatic heterocycles. The number of hydrogen-bond acceptors (Lipinski definition) is 7. The molecule has 11 heteroatoms. The third kappa shape index (κ3) is 8.89. The number of sulfonamides is 1. The molecule has 0 aliphatic heterocycles. The fourth-order valence-corrected chi connectivity index (χ4v) is 3.13. The number of carbonyl (C=O) groups is 1. The first-order chi connectivity index (χ1) is 13.0. The molecule has 28 heavy (non-hydrogen) atoms. The fourth-order valence-electron chi connectivity index (χ4n) is 2.15. The SMILES string of the molecule is CC(C)(C)OC(=O)NCCCCCC/N=N/S(=O)(=O)c1ccccc1[N+](=O)[O-]. The highest BCUT2D eigenvalue weighted by atomic mass is 32.2. The Hall–Kier alpha value is -2.56. The molecule has 0 fully saturated rings. The summed E-state index contributed by atoms with van der Waals surface area (Å²) in [6, 6.07) is 5.00. The van der Waals surface area contributed by atoms with Crippen LogP contribution < -0.4 is 5.32 Å². The Balaban J connectivity index is 2.30. The summed E-state index contributed by atoms with van der Waals surface area (Å²) < 4.78 is 32.5. The lowest BCUT2D eigenvalue weighted by Gasteiger charge is -2.19. The first-order valence-electron chi connectivity index (χ1n) is 8.87. The summed E-state index contributed by atoms with van der Waals surface area (Å²) in [5, 5.41) is 17.2. The zero-order valence-corrected chi connectivity index (χ0v) is 17.1. The minimum atomic E-state index is -4.21. The second-order valence-corrected chi connectivity index (χ2v) is 8.54. The molecule has 0 saturated heterocycles. The van der Waals surface area contributed by atoms with Crippen molar-refractivity contribution in [3.63, 3.8) is 0 Å². The van der Waals surface area contributed by atoms with E-state index in [1.165, 1.54) is 12.1 Å². The molecule has 0 aliphatic carbocycles. The van der Waals surface area contributed by atoms with E-state index in [0.717, 1.165) is 31.4 Å². The number of nitrogens with one attached hydrogen (secondary N) is 1. The van der Waals surface area contributed by atoms with Crippen LogP contribution >= 0.6 is 0 Å². The van der Waals surface area contributed by atoms with Crippen molar-refractivity contribution in [1.82, 2.24) is 5.32 Å². The number of hydrogen-bond donors (Lipinski definition) is 1. The average molecular weight is 414 g/mol. The molecule has 0 unspecified atom stereocenters. The summed E-state index contributed by atoms with van der Waals surface area (Å²) in [6.07, 6.45) is 2.51. The number of rotatable bonds is 10. The number of nitrogens with zero attached hydrogens (tertiary/aromatic N) is 3. The van der Waals surface area contributed by atoms with E-state index in [-0.39, 0.29) is 6.54 Å². The van der Waals surface area contributed by atoms with E-state index < -0.39 is 37.2 Å². The molecule has 0 spiro atoms. The van der Waals surface area contributed by atoms with Crippen LogP contribution in [0, 0.1) is 10.1 Å². The van der Waals surface area contributed by atoms with Gasteiger partial charge in [0.1, 0.15) is 5.60 Å². The van der Waals surface area contributed by atoms with Crippen LogP contribution in [0.1, 0.15) is 46.5 Å². The maximum atomic E-state index is 12.1. The number of ether oxygens (including phenoxy) is 1. The maximum Gasteiger partial charge on any atom is 0.407 e. The van der Waals surface area contributed by atoms with E-state index in [4.69, 9.17) is 4.74 Å². The van der Waals surface area contributed by atoms with Gasteiger partial charge in [0, 0.05) is 12.6 Å². The lowest BCUT2D eigenvalue weighted by molar-refractivity contribution is -0.387. The van der Waals surface area contributed by atoms with Gasteiger partial charge >= 0.3 is 16.1 Å². The van der Waals surface area contributed by atoms with Crippen LogP contribution in [0.5, 0.6) is 0 Å². The highest BCUT2D eigenvalue weighted by Gasteiger charge is 2.24. The summed E-state index contributed by atoms with van der Waals surface area (Å²) >= 11 is 0. The summed E-state index contributed by atoms with van der Waals surface area (Å²) in [7, 11) is -4.21. The third-order valence-electron chi connectivity index (χ3n) is 3.36. The quantitative estimate of drug-likeness (QED) is 0.267. The number of carbonyl (C=O) groups excluding carboxylic acids is 1. The van der Waals surface area contributed by atoms with Gasteiger partial charge in [0.25, 0.3) is 5.69 Å². The van der Waals surface area contributed by atoms with Crippen molar-refractivity contribution in [3.8, 4) is 0 Å². The van der Waals surface area contributed by atoms with Crippen molar-refractivity contribution < 1.29 is 22.9 Å². The fraction of sp³-hybridized carbons (Fsp3) is 0.588. The van der Waals surface area contributed by atoms with Gasteiger partial charge < -0.3 is 10.1 Å². The normalized spacial score (nSPS) is 12.1. The molecule has 0 aliphatic rings. The molecule has 0 radical (unpaired) electrons. The van der Waals surface area contributed by atoms with Gasteiger partial charge in [-0.15, -0.1) is 0 Å². The van der Waals surface area contributed by atoms with Crippen LogP contribution in [0.3, 0.4) is 0 Å². The molecule has 0 heterocycles. The predicted molar refractivity (Wildman–Crippen MR) is 103 cm³/mol. The molecule has 1 aromatic rings. The first kappa shape index (κ1) is 23.5. The van der Waals surface area contributed by atoms with E-state index >= 15 is 0 Å². The highest BCUT2D eigenvalue weighted by molar-refractivity contribution is 7.90. The molecule has 10 nitrogen and oxygen atoms in total. The van der Waals surface area contributed by atoms with E-state index in [1.54, 1.807) is 20.8 Å². The standard InChI is InChI=1S/C17H26N4O6S/c1-17(2,3)27-16(22)18-12-8-4-5-9-13-19-20-28(25,26)15-11-7-6-10-14(15)21(23)24/h6-7,10-11H,4-5,8-9,12-13H2,1-3H3,(H,18,22)/b20-19+. The molecule has 0 bridgehead atoms. The van der Waals surface area contributed by atoms with E-state index in [1.807, 2.05) is 0 Å². The minimum Gasteiger partial charge on any atom is -0.444 e. The largest absolute Gasteiger partial charge is 0.444 e. The second-order valence-electron chi connectivity index (χ2n) is 6.99. The van der Waals surface area contributed by atoms with Crippen molar-refractivity contribution in [2.24, 2.45) is 9.63 Å².